The van der Waals surface area contributed by atoms with Crippen molar-refractivity contribution in [2.24, 2.45) is 11.7 Å². The minimum atomic E-state index is -0.101. The Hall–Kier alpha value is -0.580. The summed E-state index contributed by atoms with van der Waals surface area (Å²) < 4.78 is 0.619. The summed E-state index contributed by atoms with van der Waals surface area (Å²) in [4.78, 5) is 12.3. The normalized spacial score (nSPS) is 12.9. The number of rotatable bonds is 4. The highest BCUT2D eigenvalue weighted by Crippen LogP contribution is 2.21. The van der Waals surface area contributed by atoms with Gasteiger partial charge in [-0.3, -0.25) is 4.79 Å². The van der Waals surface area contributed by atoms with E-state index in [1.54, 1.807) is 12.1 Å². The van der Waals surface area contributed by atoms with E-state index in [9.17, 15) is 4.79 Å². The van der Waals surface area contributed by atoms with Gasteiger partial charge in [-0.05, 0) is 18.1 Å². The molecular weight excluding hydrogens is 232 g/mol. The van der Waals surface area contributed by atoms with Crippen LogP contribution in [0.3, 0.4) is 0 Å². The van der Waals surface area contributed by atoms with Crippen molar-refractivity contribution in [2.45, 2.75) is 19.9 Å². The summed E-state index contributed by atoms with van der Waals surface area (Å²) in [6.07, 6.45) is 0. The molecule has 1 atom stereocenters. The molecule has 15 heavy (non-hydrogen) atoms. The Morgan fingerprint density at radius 3 is 2.67 bits per heavy atom. The molecule has 0 bridgehead atoms. The first-order valence-corrected chi connectivity index (χ1v) is 6.00. The van der Waals surface area contributed by atoms with Gasteiger partial charge in [0.25, 0.3) is 5.91 Å². The third kappa shape index (κ3) is 3.48. The number of carbonyl (C=O) groups is 1. The van der Waals surface area contributed by atoms with Crippen LogP contribution in [0.15, 0.2) is 12.1 Å². The fourth-order valence-electron chi connectivity index (χ4n) is 1.17. The monoisotopic (exact) mass is 246 g/mol. The molecule has 0 fully saturated rings. The number of hydrogen-bond donors (Lipinski definition) is 2. The van der Waals surface area contributed by atoms with Crippen molar-refractivity contribution in [1.29, 1.82) is 0 Å². The second-order valence-electron chi connectivity index (χ2n) is 3.66. The molecule has 1 rings (SSSR count). The minimum absolute atomic E-state index is 0.0124. The summed E-state index contributed by atoms with van der Waals surface area (Å²) in [5, 5.41) is 2.88. The molecule has 1 heterocycles. The molecule has 84 valence electrons. The average molecular weight is 247 g/mol. The maximum atomic E-state index is 11.7. The Kier molecular flexibility index (Phi) is 4.57. The minimum Gasteiger partial charge on any atom is -0.347 e. The summed E-state index contributed by atoms with van der Waals surface area (Å²) in [6, 6.07) is 3.45. The summed E-state index contributed by atoms with van der Waals surface area (Å²) in [5.74, 6) is 0.227. The highest BCUT2D eigenvalue weighted by atomic mass is 35.5. The fourth-order valence-corrected chi connectivity index (χ4v) is 2.12. The number of carbonyl (C=O) groups excluding carboxylic acids is 1. The van der Waals surface area contributed by atoms with E-state index in [0.29, 0.717) is 21.7 Å². The van der Waals surface area contributed by atoms with Crippen molar-refractivity contribution in [3.05, 3.63) is 21.3 Å². The molecule has 3 N–H and O–H groups in total. The van der Waals surface area contributed by atoms with E-state index in [4.69, 9.17) is 17.3 Å². The van der Waals surface area contributed by atoms with Crippen molar-refractivity contribution in [3.63, 3.8) is 0 Å². The molecule has 0 saturated carbocycles. The largest absolute Gasteiger partial charge is 0.347 e. The molecule has 0 saturated heterocycles. The van der Waals surface area contributed by atoms with E-state index in [0.717, 1.165) is 0 Å². The first-order valence-electron chi connectivity index (χ1n) is 4.81. The zero-order valence-corrected chi connectivity index (χ0v) is 10.4. The third-order valence-corrected chi connectivity index (χ3v) is 3.40. The molecule has 0 aromatic carbocycles. The Morgan fingerprint density at radius 1 is 1.60 bits per heavy atom. The van der Waals surface area contributed by atoms with Gasteiger partial charge in [0, 0.05) is 12.6 Å². The predicted molar refractivity (Wildman–Crippen MR) is 64.5 cm³/mol. The van der Waals surface area contributed by atoms with Crippen LogP contribution >= 0.6 is 22.9 Å². The van der Waals surface area contributed by atoms with E-state index < -0.39 is 0 Å². The maximum absolute atomic E-state index is 11.7. The molecular formula is C10H15ClN2OS. The highest BCUT2D eigenvalue weighted by Gasteiger charge is 2.16. The predicted octanol–water partition coefficient (Wildman–Crippen LogP) is 2.11. The number of halogens is 1. The molecule has 1 unspecified atom stereocenters. The topological polar surface area (TPSA) is 55.1 Å². The highest BCUT2D eigenvalue weighted by molar-refractivity contribution is 7.17. The Labute approximate surface area is 98.6 Å². The average Bonchev–Trinajstić information content (AvgIpc) is 2.60. The lowest BCUT2D eigenvalue weighted by molar-refractivity contribution is 0.0932. The molecule has 3 nitrogen and oxygen atoms in total. The first-order chi connectivity index (χ1) is 7.04. The van der Waals surface area contributed by atoms with Crippen molar-refractivity contribution in [2.75, 3.05) is 6.54 Å². The molecule has 0 spiro atoms. The van der Waals surface area contributed by atoms with Crippen LogP contribution in [-0.4, -0.2) is 18.5 Å². The Balaban J connectivity index is 2.62. The molecule has 0 radical (unpaired) electrons. The zero-order chi connectivity index (χ0) is 11.4. The van der Waals surface area contributed by atoms with Crippen molar-refractivity contribution in [3.8, 4) is 0 Å². The maximum Gasteiger partial charge on any atom is 0.261 e. The number of nitrogens with two attached hydrogens (primary N) is 1. The second-order valence-corrected chi connectivity index (χ2v) is 5.38. The SMILES string of the molecule is CC(C)C(CN)NC(=O)c1ccc(Cl)s1. The van der Waals surface area contributed by atoms with Gasteiger partial charge >= 0.3 is 0 Å². The van der Waals surface area contributed by atoms with Gasteiger partial charge in [-0.25, -0.2) is 0 Å². The number of hydrogen-bond acceptors (Lipinski definition) is 3. The smallest absolute Gasteiger partial charge is 0.261 e. The zero-order valence-electron chi connectivity index (χ0n) is 8.79. The third-order valence-electron chi connectivity index (χ3n) is 2.17. The first kappa shape index (κ1) is 12.5. The molecule has 1 aromatic heterocycles. The van der Waals surface area contributed by atoms with Crippen molar-refractivity contribution < 1.29 is 4.79 Å². The van der Waals surface area contributed by atoms with Gasteiger partial charge in [0.2, 0.25) is 0 Å². The molecule has 0 aliphatic rings. The summed E-state index contributed by atoms with van der Waals surface area (Å²) in [5.41, 5.74) is 5.57. The summed E-state index contributed by atoms with van der Waals surface area (Å²) in [6.45, 7) is 4.50. The van der Waals surface area contributed by atoms with Gasteiger partial charge in [0.1, 0.15) is 0 Å². The molecule has 0 aliphatic carbocycles. The van der Waals surface area contributed by atoms with Crippen molar-refractivity contribution >= 4 is 28.8 Å². The van der Waals surface area contributed by atoms with Gasteiger partial charge in [-0.1, -0.05) is 25.4 Å². The fraction of sp³-hybridized carbons (Fsp3) is 0.500. The van der Waals surface area contributed by atoms with Crippen molar-refractivity contribution in [1.82, 2.24) is 5.32 Å². The number of amides is 1. The standard InChI is InChI=1S/C10H15ClN2OS/c1-6(2)7(5-12)13-10(14)8-3-4-9(11)15-8/h3-4,6-7H,5,12H2,1-2H3,(H,13,14). The van der Waals surface area contributed by atoms with E-state index >= 15 is 0 Å². The number of thiophene rings is 1. The molecule has 0 aliphatic heterocycles. The van der Waals surface area contributed by atoms with Crippen LogP contribution in [-0.2, 0) is 0 Å². The van der Waals surface area contributed by atoms with Gasteiger partial charge in [-0.2, -0.15) is 0 Å². The van der Waals surface area contributed by atoms with Crippen LogP contribution in [0.2, 0.25) is 4.34 Å². The van der Waals surface area contributed by atoms with E-state index in [-0.39, 0.29) is 11.9 Å². The summed E-state index contributed by atoms with van der Waals surface area (Å²) >= 11 is 7.02. The van der Waals surface area contributed by atoms with Gasteiger partial charge in [-0.15, -0.1) is 11.3 Å². The van der Waals surface area contributed by atoms with Crippen LogP contribution in [0.4, 0.5) is 0 Å². The van der Waals surface area contributed by atoms with Crippen LogP contribution in [0.1, 0.15) is 23.5 Å². The van der Waals surface area contributed by atoms with Gasteiger partial charge in [0.15, 0.2) is 0 Å². The van der Waals surface area contributed by atoms with Crippen LogP contribution in [0, 0.1) is 5.92 Å². The lowest BCUT2D eigenvalue weighted by atomic mass is 10.0. The molecule has 1 amide bonds. The lowest BCUT2D eigenvalue weighted by Gasteiger charge is -2.19. The summed E-state index contributed by atoms with van der Waals surface area (Å²) in [7, 11) is 0. The van der Waals surface area contributed by atoms with E-state index in [1.807, 2.05) is 13.8 Å². The Morgan fingerprint density at radius 2 is 2.27 bits per heavy atom. The quantitative estimate of drug-likeness (QED) is 0.855. The van der Waals surface area contributed by atoms with Crippen LogP contribution in [0.5, 0.6) is 0 Å². The number of nitrogens with one attached hydrogen (secondary N) is 1. The van der Waals surface area contributed by atoms with Gasteiger partial charge in [0.05, 0.1) is 9.21 Å². The van der Waals surface area contributed by atoms with E-state index in [1.165, 1.54) is 11.3 Å². The Bertz CT molecular complexity index is 338. The van der Waals surface area contributed by atoms with Gasteiger partial charge < -0.3 is 11.1 Å². The van der Waals surface area contributed by atoms with E-state index in [2.05, 4.69) is 5.32 Å². The molecule has 5 heteroatoms. The lowest BCUT2D eigenvalue weighted by Crippen LogP contribution is -2.43. The van der Waals surface area contributed by atoms with Crippen LogP contribution < -0.4 is 11.1 Å². The second kappa shape index (κ2) is 5.49. The van der Waals surface area contributed by atoms with Crippen LogP contribution in [0.25, 0.3) is 0 Å². The molecule has 1 aromatic rings.